The van der Waals surface area contributed by atoms with Crippen molar-refractivity contribution in [3.8, 4) is 0 Å². The van der Waals surface area contributed by atoms with Crippen molar-refractivity contribution in [1.29, 1.82) is 0 Å². The third-order valence-corrected chi connectivity index (χ3v) is 8.11. The minimum atomic E-state index is -1.06. The van der Waals surface area contributed by atoms with Crippen LogP contribution < -0.4 is 0 Å². The molecule has 2 fully saturated rings. The Morgan fingerprint density at radius 1 is 0.853 bits per heavy atom. The molecule has 2 aliphatic rings. The van der Waals surface area contributed by atoms with Crippen LogP contribution >= 0.6 is 11.8 Å². The first-order chi connectivity index (χ1) is 16.5. The summed E-state index contributed by atoms with van der Waals surface area (Å²) < 4.78 is 37.2. The van der Waals surface area contributed by atoms with Gasteiger partial charge in [-0.25, -0.2) is 0 Å². The lowest BCUT2D eigenvalue weighted by Crippen LogP contribution is -2.67. The number of rotatable bonds is 9. The zero-order valence-electron chi connectivity index (χ0n) is 20.5. The van der Waals surface area contributed by atoms with Gasteiger partial charge in [0, 0.05) is 25.2 Å². The first-order valence-corrected chi connectivity index (χ1v) is 12.9. The summed E-state index contributed by atoms with van der Waals surface area (Å²) in [7, 11) is 3.24. The first-order valence-electron chi connectivity index (χ1n) is 11.8. The van der Waals surface area contributed by atoms with E-state index in [0.717, 1.165) is 17.7 Å². The topological polar surface area (TPSA) is 55.4 Å². The molecule has 0 amide bonds. The van der Waals surface area contributed by atoms with E-state index < -0.39 is 11.6 Å². The number of ether oxygens (including phenoxy) is 6. The summed E-state index contributed by atoms with van der Waals surface area (Å²) in [5.41, 5.74) is 2.30. The van der Waals surface area contributed by atoms with Gasteiger partial charge in [-0.1, -0.05) is 60.7 Å². The van der Waals surface area contributed by atoms with Gasteiger partial charge in [-0.05, 0) is 31.4 Å². The maximum atomic E-state index is 6.59. The van der Waals surface area contributed by atoms with Gasteiger partial charge in [-0.3, -0.25) is 0 Å². The fraction of sp³-hybridized carbons (Fsp3) is 0.556. The van der Waals surface area contributed by atoms with Crippen molar-refractivity contribution in [2.45, 2.75) is 68.6 Å². The molecule has 4 rings (SSSR count). The van der Waals surface area contributed by atoms with Crippen molar-refractivity contribution in [2.75, 3.05) is 26.6 Å². The van der Waals surface area contributed by atoms with Gasteiger partial charge in [0.15, 0.2) is 0 Å². The highest BCUT2D eigenvalue weighted by Gasteiger charge is 2.58. The van der Waals surface area contributed by atoms with Crippen molar-refractivity contribution >= 4 is 11.8 Å². The van der Waals surface area contributed by atoms with E-state index in [2.05, 4.69) is 24.3 Å². The van der Waals surface area contributed by atoms with E-state index >= 15 is 0 Å². The van der Waals surface area contributed by atoms with Crippen LogP contribution in [0.1, 0.15) is 31.4 Å². The van der Waals surface area contributed by atoms with E-state index in [1.807, 2.05) is 62.0 Å². The summed E-state index contributed by atoms with van der Waals surface area (Å²) in [6, 6.07) is 20.4. The molecular weight excluding hydrogens is 452 g/mol. The van der Waals surface area contributed by atoms with Crippen LogP contribution in [0, 0.1) is 0 Å². The van der Waals surface area contributed by atoms with E-state index in [-0.39, 0.29) is 23.6 Å². The molecule has 2 aromatic carbocycles. The van der Waals surface area contributed by atoms with Gasteiger partial charge in [-0.15, -0.1) is 0 Å². The third-order valence-electron chi connectivity index (χ3n) is 6.79. The summed E-state index contributed by atoms with van der Waals surface area (Å²) in [5.74, 6) is -1.33. The Morgan fingerprint density at radius 2 is 1.44 bits per heavy atom. The summed E-state index contributed by atoms with van der Waals surface area (Å²) in [6.45, 7) is 5.46. The Labute approximate surface area is 207 Å². The molecule has 0 radical (unpaired) electrons. The maximum absolute atomic E-state index is 6.59. The molecule has 0 saturated carbocycles. The molecule has 2 saturated heterocycles. The van der Waals surface area contributed by atoms with Crippen LogP contribution in [-0.4, -0.2) is 61.7 Å². The van der Waals surface area contributed by atoms with Crippen molar-refractivity contribution < 1.29 is 28.4 Å². The molecule has 0 spiro atoms. The predicted molar refractivity (Wildman–Crippen MR) is 133 cm³/mol. The molecule has 186 valence electrons. The monoisotopic (exact) mass is 488 g/mol. The van der Waals surface area contributed by atoms with Crippen molar-refractivity contribution in [2.24, 2.45) is 0 Å². The van der Waals surface area contributed by atoms with Crippen LogP contribution in [0.4, 0.5) is 0 Å². The van der Waals surface area contributed by atoms with E-state index in [4.69, 9.17) is 28.4 Å². The highest BCUT2D eigenvalue weighted by molar-refractivity contribution is 8.00. The molecule has 6 nitrogen and oxygen atoms in total. The Kier molecular flexibility index (Phi) is 8.69. The smallest absolute Gasteiger partial charge is 0.220 e. The van der Waals surface area contributed by atoms with Gasteiger partial charge < -0.3 is 28.4 Å². The average Bonchev–Trinajstić information content (AvgIpc) is 3.02. The highest BCUT2D eigenvalue weighted by Crippen LogP contribution is 2.44. The van der Waals surface area contributed by atoms with E-state index in [9.17, 15) is 0 Å². The largest absolute Gasteiger partial charge is 0.376 e. The molecule has 0 aromatic heterocycles. The molecule has 0 N–H and O–H groups in total. The SMILES string of the molecule is CO[C@@]1(C)O[C@@H]2[C@H](OCc3ccccc3)CS[C@@H](COCc3ccccc3)C[C@H]2O[C@]1(C)OC. The summed E-state index contributed by atoms with van der Waals surface area (Å²) >= 11 is 1.85. The third kappa shape index (κ3) is 5.85. The lowest BCUT2D eigenvalue weighted by Gasteiger charge is -2.53. The summed E-state index contributed by atoms with van der Waals surface area (Å²) in [5, 5.41) is 0.248. The molecule has 2 aromatic rings. The van der Waals surface area contributed by atoms with Gasteiger partial charge in [-0.2, -0.15) is 11.8 Å². The molecular formula is C27H36O6S. The van der Waals surface area contributed by atoms with Crippen LogP contribution in [0.25, 0.3) is 0 Å². The lowest BCUT2D eigenvalue weighted by molar-refractivity contribution is -0.454. The minimum absolute atomic E-state index is 0.162. The quantitative estimate of drug-likeness (QED) is 0.502. The number of thioether (sulfide) groups is 1. The number of hydrogen-bond donors (Lipinski definition) is 0. The van der Waals surface area contributed by atoms with Gasteiger partial charge in [0.2, 0.25) is 11.6 Å². The fourth-order valence-corrected chi connectivity index (χ4v) is 5.71. The van der Waals surface area contributed by atoms with E-state index in [1.165, 1.54) is 5.56 Å². The van der Waals surface area contributed by atoms with Crippen molar-refractivity contribution in [3.05, 3.63) is 71.8 Å². The van der Waals surface area contributed by atoms with Gasteiger partial charge in [0.1, 0.15) is 6.10 Å². The van der Waals surface area contributed by atoms with Gasteiger partial charge >= 0.3 is 0 Å². The Hall–Kier alpha value is -1.45. The normalized spacial score (nSPS) is 33.8. The molecule has 7 heteroatoms. The van der Waals surface area contributed by atoms with Crippen LogP contribution in [0.15, 0.2) is 60.7 Å². The number of hydrogen-bond acceptors (Lipinski definition) is 7. The number of methoxy groups -OCH3 is 2. The van der Waals surface area contributed by atoms with Crippen LogP contribution in [0.5, 0.6) is 0 Å². The second kappa shape index (κ2) is 11.5. The molecule has 0 bridgehead atoms. The van der Waals surface area contributed by atoms with E-state index in [1.54, 1.807) is 14.2 Å². The van der Waals surface area contributed by atoms with Crippen molar-refractivity contribution in [1.82, 2.24) is 0 Å². The maximum Gasteiger partial charge on any atom is 0.220 e. The molecule has 34 heavy (non-hydrogen) atoms. The summed E-state index contributed by atoms with van der Waals surface area (Å²) in [6.07, 6.45) is 0.108. The first kappa shape index (κ1) is 25.6. The Bertz CT molecular complexity index is 883. The molecule has 0 unspecified atom stereocenters. The standard InChI is InChI=1S/C27H36O6S/c1-26(28-3)27(2,29-4)33-25-23(32-26)15-22(18-30-16-20-11-7-5-8-12-20)34-19-24(25)31-17-21-13-9-6-10-14-21/h5-14,22-25H,15-19H2,1-4H3/t22-,23-,24-,25+,26+,27+/m1/s1. The number of fused-ring (bicyclic) bond motifs is 1. The Morgan fingerprint density at radius 3 is 2.06 bits per heavy atom. The molecule has 6 atom stereocenters. The van der Waals surface area contributed by atoms with Crippen LogP contribution in [0.3, 0.4) is 0 Å². The summed E-state index contributed by atoms with van der Waals surface area (Å²) in [4.78, 5) is 0. The lowest BCUT2D eigenvalue weighted by atomic mass is 9.97. The van der Waals surface area contributed by atoms with Crippen LogP contribution in [0.2, 0.25) is 0 Å². The second-order valence-corrected chi connectivity index (χ2v) is 10.4. The fourth-order valence-electron chi connectivity index (χ4n) is 4.44. The highest BCUT2D eigenvalue weighted by atomic mass is 32.2. The molecule has 2 heterocycles. The zero-order valence-corrected chi connectivity index (χ0v) is 21.3. The van der Waals surface area contributed by atoms with Crippen LogP contribution in [-0.2, 0) is 41.6 Å². The van der Waals surface area contributed by atoms with Gasteiger partial charge in [0.05, 0.1) is 32.0 Å². The molecule has 0 aliphatic carbocycles. The second-order valence-electron chi connectivity index (χ2n) is 9.07. The zero-order chi connectivity index (χ0) is 24.0. The van der Waals surface area contributed by atoms with Crippen molar-refractivity contribution in [3.63, 3.8) is 0 Å². The molecule has 2 aliphatic heterocycles. The van der Waals surface area contributed by atoms with Gasteiger partial charge in [0.25, 0.3) is 0 Å². The number of benzene rings is 2. The average molecular weight is 489 g/mol. The Balaban J connectivity index is 1.47. The predicted octanol–water partition coefficient (Wildman–Crippen LogP) is 4.80. The van der Waals surface area contributed by atoms with E-state index in [0.29, 0.717) is 19.8 Å². The minimum Gasteiger partial charge on any atom is -0.376 e.